The first-order valence-electron chi connectivity index (χ1n) is 9.69. The molecule has 0 bridgehead atoms. The van der Waals surface area contributed by atoms with Crippen LogP contribution in [0.25, 0.3) is 10.9 Å². The fraction of sp³-hybridized carbons (Fsp3) is 0.348. The Morgan fingerprint density at radius 3 is 2.77 bits per heavy atom. The molecule has 1 unspecified atom stereocenters. The van der Waals surface area contributed by atoms with Gasteiger partial charge in [-0.15, -0.1) is 0 Å². The molecule has 2 aromatic carbocycles. The van der Waals surface area contributed by atoms with E-state index < -0.39 is 0 Å². The Hall–Kier alpha value is -2.55. The van der Waals surface area contributed by atoms with Crippen LogP contribution in [0.2, 0.25) is 0 Å². The summed E-state index contributed by atoms with van der Waals surface area (Å²) in [5.74, 6) is 0.987. The molecule has 0 saturated heterocycles. The Morgan fingerprint density at radius 2 is 1.88 bits per heavy atom. The quantitative estimate of drug-likeness (QED) is 0.661. The van der Waals surface area contributed by atoms with Gasteiger partial charge in [-0.05, 0) is 55.9 Å². The molecule has 0 spiro atoms. The van der Waals surface area contributed by atoms with Crippen molar-refractivity contribution >= 4 is 16.6 Å². The monoisotopic (exact) mass is 344 g/mol. The lowest BCUT2D eigenvalue weighted by atomic mass is 9.92. The average molecular weight is 344 g/mol. The molecule has 3 nitrogen and oxygen atoms in total. The molecule has 0 fully saturated rings. The van der Waals surface area contributed by atoms with Crippen molar-refractivity contribution in [3.8, 4) is 5.75 Å². The molecule has 0 saturated carbocycles. The predicted molar refractivity (Wildman–Crippen MR) is 106 cm³/mol. The van der Waals surface area contributed by atoms with Gasteiger partial charge in [0.25, 0.3) is 0 Å². The molecule has 3 heteroatoms. The number of fused-ring (bicyclic) bond motifs is 2. The highest BCUT2D eigenvalue weighted by Crippen LogP contribution is 2.42. The van der Waals surface area contributed by atoms with E-state index in [2.05, 4.69) is 60.4 Å². The number of ether oxygens (including phenoxy) is 1. The lowest BCUT2D eigenvalue weighted by molar-refractivity contribution is 0.232. The second-order valence-electron chi connectivity index (χ2n) is 7.54. The van der Waals surface area contributed by atoms with E-state index in [9.17, 15) is 0 Å². The predicted octanol–water partition coefficient (Wildman–Crippen LogP) is 4.90. The molecular formula is C23H24N2O. The van der Waals surface area contributed by atoms with Gasteiger partial charge < -0.3 is 9.64 Å². The van der Waals surface area contributed by atoms with E-state index in [1.54, 1.807) is 0 Å². The number of benzene rings is 2. The topological polar surface area (TPSA) is 25.4 Å². The Bertz CT molecular complexity index is 951. The summed E-state index contributed by atoms with van der Waals surface area (Å²) in [6.07, 6.45) is 4.87. The van der Waals surface area contributed by atoms with Crippen LogP contribution in [-0.2, 0) is 19.4 Å². The Kier molecular flexibility index (Phi) is 3.81. The summed E-state index contributed by atoms with van der Waals surface area (Å²) in [6.45, 7) is 3.98. The number of rotatable bonds is 2. The molecule has 26 heavy (non-hydrogen) atoms. The molecule has 0 amide bonds. The van der Waals surface area contributed by atoms with Crippen molar-refractivity contribution in [3.63, 3.8) is 0 Å². The molecule has 132 valence electrons. The van der Waals surface area contributed by atoms with Crippen LogP contribution in [0.15, 0.2) is 48.5 Å². The van der Waals surface area contributed by atoms with Crippen molar-refractivity contribution in [2.24, 2.45) is 0 Å². The fourth-order valence-electron chi connectivity index (χ4n) is 4.47. The van der Waals surface area contributed by atoms with Gasteiger partial charge in [0.05, 0.1) is 23.1 Å². The smallest absolute Gasteiger partial charge is 0.131 e. The van der Waals surface area contributed by atoms with Crippen LogP contribution >= 0.6 is 0 Å². The number of hydrogen-bond donors (Lipinski definition) is 0. The third-order valence-corrected chi connectivity index (χ3v) is 5.56. The van der Waals surface area contributed by atoms with Crippen molar-refractivity contribution < 1.29 is 4.74 Å². The summed E-state index contributed by atoms with van der Waals surface area (Å²) < 4.78 is 6.31. The van der Waals surface area contributed by atoms with Crippen molar-refractivity contribution in [2.45, 2.75) is 45.3 Å². The maximum absolute atomic E-state index is 6.31. The van der Waals surface area contributed by atoms with Gasteiger partial charge in [0.15, 0.2) is 0 Å². The lowest BCUT2D eigenvalue weighted by Crippen LogP contribution is -2.33. The highest BCUT2D eigenvalue weighted by atomic mass is 16.5. The molecule has 5 rings (SSSR count). The first-order valence-corrected chi connectivity index (χ1v) is 9.69. The number of pyridine rings is 1. The Morgan fingerprint density at radius 1 is 1.04 bits per heavy atom. The van der Waals surface area contributed by atoms with Gasteiger partial charge in [-0.25, -0.2) is 0 Å². The number of nitrogens with zero attached hydrogens (tertiary/aromatic N) is 2. The highest BCUT2D eigenvalue weighted by molar-refractivity contribution is 5.99. The van der Waals surface area contributed by atoms with Crippen LogP contribution in [0.5, 0.6) is 5.75 Å². The van der Waals surface area contributed by atoms with Gasteiger partial charge >= 0.3 is 0 Å². The number of hydrogen-bond acceptors (Lipinski definition) is 3. The molecule has 0 radical (unpaired) electrons. The van der Waals surface area contributed by atoms with E-state index in [-0.39, 0.29) is 6.10 Å². The van der Waals surface area contributed by atoms with Gasteiger partial charge in [-0.2, -0.15) is 0 Å². The summed E-state index contributed by atoms with van der Waals surface area (Å²) in [7, 11) is 0. The van der Waals surface area contributed by atoms with E-state index in [1.807, 2.05) is 0 Å². The fourth-order valence-corrected chi connectivity index (χ4v) is 4.47. The number of aromatic nitrogens is 1. The van der Waals surface area contributed by atoms with E-state index in [0.29, 0.717) is 0 Å². The van der Waals surface area contributed by atoms with Crippen molar-refractivity contribution in [1.29, 1.82) is 0 Å². The molecule has 1 atom stereocenters. The van der Waals surface area contributed by atoms with Crippen LogP contribution in [0.4, 0.5) is 5.69 Å². The minimum absolute atomic E-state index is 0.149. The van der Waals surface area contributed by atoms with Gasteiger partial charge in [0.1, 0.15) is 11.9 Å². The minimum atomic E-state index is 0.149. The second-order valence-corrected chi connectivity index (χ2v) is 7.54. The van der Waals surface area contributed by atoms with Crippen LogP contribution in [-0.4, -0.2) is 17.6 Å². The molecule has 0 N–H and O–H groups in total. The minimum Gasteiger partial charge on any atom is -0.488 e. The van der Waals surface area contributed by atoms with Crippen LogP contribution in [0, 0.1) is 0 Å². The molecule has 1 aliphatic carbocycles. The normalized spacial score (nSPS) is 19.0. The first kappa shape index (κ1) is 15.7. The van der Waals surface area contributed by atoms with E-state index in [1.165, 1.54) is 40.7 Å². The zero-order valence-corrected chi connectivity index (χ0v) is 15.2. The molecule has 2 heterocycles. The average Bonchev–Trinajstić information content (AvgIpc) is 2.80. The summed E-state index contributed by atoms with van der Waals surface area (Å²) in [5.41, 5.74) is 6.53. The summed E-state index contributed by atoms with van der Waals surface area (Å²) in [4.78, 5) is 7.55. The van der Waals surface area contributed by atoms with E-state index in [0.717, 1.165) is 37.2 Å². The standard InChI is InChI=1S/C23H24N2O/c1-16-14-25(15-17-8-3-2-4-9-17)23-18-10-5-6-11-19(18)24-20-12-7-13-21(26-16)22(20)23/h2-4,7-9,12-13,16H,5-6,10-11,14-15H2,1H3. The van der Waals surface area contributed by atoms with E-state index >= 15 is 0 Å². The highest BCUT2D eigenvalue weighted by Gasteiger charge is 2.28. The second kappa shape index (κ2) is 6.31. The zero-order valence-electron chi connectivity index (χ0n) is 15.2. The summed E-state index contributed by atoms with van der Waals surface area (Å²) in [5, 5.41) is 1.20. The van der Waals surface area contributed by atoms with Gasteiger partial charge in [0, 0.05) is 12.2 Å². The first-order chi connectivity index (χ1) is 12.8. The largest absolute Gasteiger partial charge is 0.488 e. The zero-order chi connectivity index (χ0) is 17.5. The van der Waals surface area contributed by atoms with Gasteiger partial charge in [-0.1, -0.05) is 36.4 Å². The Balaban J connectivity index is 1.74. The molecule has 1 aliphatic heterocycles. The van der Waals surface area contributed by atoms with E-state index in [4.69, 9.17) is 9.72 Å². The summed E-state index contributed by atoms with van der Waals surface area (Å²) >= 11 is 0. The van der Waals surface area contributed by atoms with Crippen molar-refractivity contribution in [3.05, 3.63) is 65.4 Å². The molecule has 2 aliphatic rings. The maximum Gasteiger partial charge on any atom is 0.131 e. The number of anilines is 1. The SMILES string of the molecule is CC1CN(Cc2ccccc2)c2c3c(nc4cccc(c24)O1)CCCC3. The van der Waals surface area contributed by atoms with Gasteiger partial charge in [0.2, 0.25) is 0 Å². The Labute approximate surface area is 154 Å². The number of aryl methyl sites for hydroxylation is 1. The van der Waals surface area contributed by atoms with Crippen LogP contribution < -0.4 is 9.64 Å². The molecular weight excluding hydrogens is 320 g/mol. The molecule has 3 aromatic rings. The van der Waals surface area contributed by atoms with Gasteiger partial charge in [-0.3, -0.25) is 4.98 Å². The third kappa shape index (κ3) is 2.63. The molecule has 1 aromatic heterocycles. The third-order valence-electron chi connectivity index (χ3n) is 5.56. The van der Waals surface area contributed by atoms with Crippen LogP contribution in [0.3, 0.4) is 0 Å². The maximum atomic E-state index is 6.31. The summed E-state index contributed by atoms with van der Waals surface area (Å²) in [6, 6.07) is 17.1. The van der Waals surface area contributed by atoms with Crippen molar-refractivity contribution in [1.82, 2.24) is 4.98 Å². The lowest BCUT2D eigenvalue weighted by Gasteiger charge is -2.30. The van der Waals surface area contributed by atoms with Crippen LogP contribution in [0.1, 0.15) is 36.6 Å². The van der Waals surface area contributed by atoms with Crippen molar-refractivity contribution in [2.75, 3.05) is 11.4 Å².